The Labute approximate surface area is 90.9 Å². The highest BCUT2D eigenvalue weighted by Crippen LogP contribution is 2.08. The Balaban J connectivity index is 2.24. The molecule has 1 aromatic rings. The summed E-state index contributed by atoms with van der Waals surface area (Å²) in [5.74, 6) is 0. The lowest BCUT2D eigenvalue weighted by molar-refractivity contribution is -0.0970. The predicted molar refractivity (Wildman–Crippen MR) is 54.7 cm³/mol. The zero-order valence-electron chi connectivity index (χ0n) is 8.39. The lowest BCUT2D eigenvalue weighted by atomic mass is 10.6. The van der Waals surface area contributed by atoms with Gasteiger partial charge in [0.15, 0.2) is 6.29 Å². The maximum atomic E-state index is 11.3. The van der Waals surface area contributed by atoms with Crippen LogP contribution in [-0.4, -0.2) is 42.7 Å². The number of amides is 2. The van der Waals surface area contributed by atoms with Crippen LogP contribution in [0.3, 0.4) is 0 Å². The highest BCUT2D eigenvalue weighted by Gasteiger charge is 2.08. The Morgan fingerprint density at radius 2 is 2.33 bits per heavy atom. The van der Waals surface area contributed by atoms with Crippen molar-refractivity contribution in [2.75, 3.05) is 26.1 Å². The van der Waals surface area contributed by atoms with Crippen molar-refractivity contribution in [3.63, 3.8) is 0 Å². The first kappa shape index (κ1) is 11.8. The molecule has 0 spiro atoms. The second kappa shape index (κ2) is 6.27. The minimum absolute atomic E-state index is 0.269. The van der Waals surface area contributed by atoms with E-state index in [1.54, 1.807) is 0 Å². The maximum Gasteiger partial charge on any atom is 0.320 e. The molecule has 15 heavy (non-hydrogen) atoms. The van der Waals surface area contributed by atoms with E-state index in [0.29, 0.717) is 5.00 Å². The van der Waals surface area contributed by atoms with Crippen molar-refractivity contribution in [3.05, 3.63) is 6.20 Å². The molecular weight excluding hydrogens is 220 g/mol. The summed E-state index contributed by atoms with van der Waals surface area (Å²) in [5, 5.41) is 9.29. The molecule has 0 aliphatic rings. The van der Waals surface area contributed by atoms with Gasteiger partial charge in [0, 0.05) is 25.8 Å². The van der Waals surface area contributed by atoms with Crippen LogP contribution >= 0.6 is 11.5 Å². The van der Waals surface area contributed by atoms with Crippen LogP contribution in [0.4, 0.5) is 9.80 Å². The van der Waals surface area contributed by atoms with Gasteiger partial charge in [0.2, 0.25) is 0 Å². The molecule has 0 aromatic carbocycles. The molecule has 7 nitrogen and oxygen atoms in total. The average molecular weight is 232 g/mol. The molecular formula is C7H12N4O3S. The number of carbonyl (C=O) groups is 1. The van der Waals surface area contributed by atoms with Crippen LogP contribution in [0.5, 0.6) is 0 Å². The van der Waals surface area contributed by atoms with Crippen molar-refractivity contribution < 1.29 is 14.3 Å². The molecule has 1 aromatic heterocycles. The summed E-state index contributed by atoms with van der Waals surface area (Å²) < 4.78 is 13.4. The number of carbonyl (C=O) groups excluding carboxylic acids is 1. The van der Waals surface area contributed by atoms with Gasteiger partial charge in [-0.3, -0.25) is 5.32 Å². The topological polar surface area (TPSA) is 85.4 Å². The van der Waals surface area contributed by atoms with Gasteiger partial charge in [-0.2, -0.15) is 0 Å². The Morgan fingerprint density at radius 1 is 1.60 bits per heavy atom. The summed E-state index contributed by atoms with van der Waals surface area (Å²) in [7, 11) is 3.00. The molecule has 8 heteroatoms. The fourth-order valence-corrected chi connectivity index (χ4v) is 1.23. The summed E-state index contributed by atoms with van der Waals surface area (Å²) >= 11 is 1.10. The van der Waals surface area contributed by atoms with Crippen molar-refractivity contribution >= 4 is 22.6 Å². The first-order valence-corrected chi connectivity index (χ1v) is 4.91. The van der Waals surface area contributed by atoms with Crippen LogP contribution < -0.4 is 10.6 Å². The number of aromatic nitrogens is 2. The largest absolute Gasteiger partial charge is 0.354 e. The van der Waals surface area contributed by atoms with Gasteiger partial charge in [-0.15, -0.1) is 5.10 Å². The summed E-state index contributed by atoms with van der Waals surface area (Å²) in [6.45, 7) is 0.269. The van der Waals surface area contributed by atoms with Gasteiger partial charge in [0.05, 0.1) is 12.7 Å². The first-order chi connectivity index (χ1) is 7.26. The van der Waals surface area contributed by atoms with Gasteiger partial charge in [0.25, 0.3) is 0 Å². The van der Waals surface area contributed by atoms with E-state index >= 15 is 0 Å². The number of methoxy groups -OCH3 is 2. The van der Waals surface area contributed by atoms with Crippen LogP contribution in [0.15, 0.2) is 6.20 Å². The van der Waals surface area contributed by atoms with Crippen LogP contribution in [0.2, 0.25) is 0 Å². The molecule has 0 saturated carbocycles. The maximum absolute atomic E-state index is 11.3. The van der Waals surface area contributed by atoms with Crippen molar-refractivity contribution in [1.82, 2.24) is 14.9 Å². The number of urea groups is 1. The number of hydrogen-bond donors (Lipinski definition) is 2. The molecule has 0 radical (unpaired) electrons. The van der Waals surface area contributed by atoms with Gasteiger partial charge in [0.1, 0.15) is 5.00 Å². The molecule has 84 valence electrons. The second-order valence-electron chi connectivity index (χ2n) is 2.52. The molecule has 1 heterocycles. The Morgan fingerprint density at radius 3 is 2.87 bits per heavy atom. The molecule has 0 unspecified atom stereocenters. The Kier molecular flexibility index (Phi) is 4.95. The molecule has 0 atom stereocenters. The number of anilines is 1. The molecule has 0 bridgehead atoms. The fraction of sp³-hybridized carbons (Fsp3) is 0.571. The van der Waals surface area contributed by atoms with E-state index < -0.39 is 6.29 Å². The normalized spacial score (nSPS) is 10.3. The zero-order chi connectivity index (χ0) is 11.1. The van der Waals surface area contributed by atoms with Crippen LogP contribution in [-0.2, 0) is 9.47 Å². The minimum Gasteiger partial charge on any atom is -0.354 e. The Bertz CT molecular complexity index is 288. The number of nitrogens with zero attached hydrogens (tertiary/aromatic N) is 2. The highest BCUT2D eigenvalue weighted by molar-refractivity contribution is 7.10. The van der Waals surface area contributed by atoms with Gasteiger partial charge < -0.3 is 14.8 Å². The van der Waals surface area contributed by atoms with Crippen LogP contribution in [0, 0.1) is 0 Å². The molecule has 2 N–H and O–H groups in total. The number of rotatable bonds is 5. The molecule has 1 rings (SSSR count). The SMILES string of the molecule is COC(CNC(=O)Nc1cnns1)OC. The minimum atomic E-state index is -0.449. The number of ether oxygens (including phenoxy) is 2. The molecule has 0 fully saturated rings. The zero-order valence-corrected chi connectivity index (χ0v) is 9.21. The van der Waals surface area contributed by atoms with E-state index in [-0.39, 0.29) is 12.6 Å². The van der Waals surface area contributed by atoms with Gasteiger partial charge in [-0.05, 0) is 0 Å². The number of hydrogen-bond acceptors (Lipinski definition) is 6. The van der Waals surface area contributed by atoms with Gasteiger partial charge >= 0.3 is 6.03 Å². The summed E-state index contributed by atoms with van der Waals surface area (Å²) in [6, 6.07) is -0.347. The van der Waals surface area contributed by atoms with E-state index in [4.69, 9.17) is 9.47 Å². The lowest BCUT2D eigenvalue weighted by Gasteiger charge is -2.13. The number of nitrogens with one attached hydrogen (secondary N) is 2. The fourth-order valence-electron chi connectivity index (χ4n) is 0.817. The van der Waals surface area contributed by atoms with E-state index in [9.17, 15) is 4.79 Å². The first-order valence-electron chi connectivity index (χ1n) is 4.14. The quantitative estimate of drug-likeness (QED) is 0.712. The van der Waals surface area contributed by atoms with Crippen molar-refractivity contribution in [3.8, 4) is 0 Å². The van der Waals surface area contributed by atoms with E-state index in [1.807, 2.05) is 0 Å². The smallest absolute Gasteiger partial charge is 0.320 e. The summed E-state index contributed by atoms with van der Waals surface area (Å²) in [5.41, 5.74) is 0. The predicted octanol–water partition coefficient (Wildman–Crippen LogP) is 0.278. The average Bonchev–Trinajstić information content (AvgIpc) is 2.72. The van der Waals surface area contributed by atoms with Crippen molar-refractivity contribution in [2.45, 2.75) is 6.29 Å². The lowest BCUT2D eigenvalue weighted by Crippen LogP contribution is -2.36. The van der Waals surface area contributed by atoms with E-state index in [0.717, 1.165) is 11.5 Å². The summed E-state index contributed by atoms with van der Waals surface area (Å²) in [6.07, 6.45) is 1.02. The van der Waals surface area contributed by atoms with Crippen LogP contribution in [0.1, 0.15) is 0 Å². The molecule has 2 amide bonds. The second-order valence-corrected chi connectivity index (χ2v) is 3.30. The van der Waals surface area contributed by atoms with Crippen LogP contribution in [0.25, 0.3) is 0 Å². The van der Waals surface area contributed by atoms with Gasteiger partial charge in [-0.25, -0.2) is 4.79 Å². The third-order valence-corrected chi connectivity index (χ3v) is 2.13. The van der Waals surface area contributed by atoms with Crippen molar-refractivity contribution in [2.24, 2.45) is 0 Å². The molecule has 0 aliphatic carbocycles. The monoisotopic (exact) mass is 232 g/mol. The van der Waals surface area contributed by atoms with E-state index in [1.165, 1.54) is 20.4 Å². The third-order valence-electron chi connectivity index (χ3n) is 1.55. The third kappa shape index (κ3) is 4.19. The molecule has 0 aliphatic heterocycles. The molecule has 0 saturated heterocycles. The summed E-state index contributed by atoms with van der Waals surface area (Å²) in [4.78, 5) is 11.3. The van der Waals surface area contributed by atoms with Gasteiger partial charge in [-0.1, -0.05) is 4.49 Å². The van der Waals surface area contributed by atoms with Crippen molar-refractivity contribution in [1.29, 1.82) is 0 Å². The highest BCUT2D eigenvalue weighted by atomic mass is 32.1. The standard InChI is InChI=1S/C7H12N4O3S/c1-13-6(14-2)4-8-7(12)10-5-3-9-11-15-5/h3,6H,4H2,1-2H3,(H2,8,10,12). The van der Waals surface area contributed by atoms with E-state index in [2.05, 4.69) is 20.2 Å². The Hall–Kier alpha value is -1.25.